The molecule has 0 saturated heterocycles. The van der Waals surface area contributed by atoms with Crippen molar-refractivity contribution in [3.63, 3.8) is 0 Å². The van der Waals surface area contributed by atoms with Gasteiger partial charge in [-0.25, -0.2) is 18.4 Å². The molecule has 1 aliphatic heterocycles. The second kappa shape index (κ2) is 9.44. The van der Waals surface area contributed by atoms with Crippen LogP contribution in [0.2, 0.25) is 0 Å². The molecule has 0 atom stereocenters. The Balaban J connectivity index is 2.66. The molecule has 11 heteroatoms. The number of allylic oxidation sites excluding steroid dienone is 2. The van der Waals surface area contributed by atoms with Crippen LogP contribution >= 0.6 is 0 Å². The van der Waals surface area contributed by atoms with Crippen molar-refractivity contribution in [1.82, 2.24) is 0 Å². The van der Waals surface area contributed by atoms with E-state index in [0.29, 0.717) is 0 Å². The van der Waals surface area contributed by atoms with Crippen molar-refractivity contribution < 1.29 is 37.5 Å². The molecule has 0 amide bonds. The highest BCUT2D eigenvalue weighted by molar-refractivity contribution is 6.05. The molecule has 1 aromatic rings. The standard InChI is InChI=1S/C18H16F2N2O7/c1-27-17(23)14-5-3-4-6-21(16(14)18(24)28-2)11-7-12(22(25)26)9-13(8-11)29-10-15(19)20/h3-9,15H,10H2,1-2H3. The van der Waals surface area contributed by atoms with Crippen LogP contribution in [0.15, 0.2) is 53.9 Å². The average Bonchev–Trinajstić information content (AvgIpc) is 2.93. The second-order valence-electron chi connectivity index (χ2n) is 5.46. The summed E-state index contributed by atoms with van der Waals surface area (Å²) in [6.07, 6.45) is 2.75. The number of carbonyl (C=O) groups is 2. The lowest BCUT2D eigenvalue weighted by Crippen LogP contribution is -2.27. The van der Waals surface area contributed by atoms with Crippen LogP contribution in [0, 0.1) is 10.1 Å². The Morgan fingerprint density at radius 2 is 1.83 bits per heavy atom. The molecule has 0 aromatic heterocycles. The van der Waals surface area contributed by atoms with E-state index in [-0.39, 0.29) is 22.7 Å². The van der Waals surface area contributed by atoms with E-state index in [1.54, 1.807) is 0 Å². The van der Waals surface area contributed by atoms with E-state index in [1.807, 2.05) is 0 Å². The van der Waals surface area contributed by atoms with Gasteiger partial charge in [0, 0.05) is 18.3 Å². The number of nitrogens with zero attached hydrogens (tertiary/aromatic N) is 2. The van der Waals surface area contributed by atoms with Crippen LogP contribution in [-0.2, 0) is 19.1 Å². The summed E-state index contributed by atoms with van der Waals surface area (Å²) in [5, 5.41) is 11.3. The number of halogens is 2. The van der Waals surface area contributed by atoms with Crippen LogP contribution in [0.25, 0.3) is 0 Å². The van der Waals surface area contributed by atoms with Crippen LogP contribution in [-0.4, -0.2) is 44.1 Å². The summed E-state index contributed by atoms with van der Waals surface area (Å²) in [6, 6.07) is 3.26. The SMILES string of the molecule is COC(=O)C1=C(C(=O)OC)N(c2cc(OCC(F)F)cc([N+](=O)[O-])c2)C=CC=C1. The van der Waals surface area contributed by atoms with E-state index in [9.17, 15) is 28.5 Å². The summed E-state index contributed by atoms with van der Waals surface area (Å²) in [4.78, 5) is 36.2. The normalized spacial score (nSPS) is 13.3. The Hall–Kier alpha value is -3.76. The Morgan fingerprint density at radius 1 is 1.14 bits per heavy atom. The zero-order valence-corrected chi connectivity index (χ0v) is 15.3. The summed E-state index contributed by atoms with van der Waals surface area (Å²) < 4.78 is 39.2. The van der Waals surface area contributed by atoms with Gasteiger partial charge in [0.1, 0.15) is 18.1 Å². The number of anilines is 1. The summed E-state index contributed by atoms with van der Waals surface area (Å²) in [5.41, 5.74) is -0.929. The van der Waals surface area contributed by atoms with Gasteiger partial charge in [-0.3, -0.25) is 10.1 Å². The monoisotopic (exact) mass is 410 g/mol. The Bertz CT molecular complexity index is 909. The summed E-state index contributed by atoms with van der Waals surface area (Å²) in [6.45, 7) is -0.981. The summed E-state index contributed by atoms with van der Waals surface area (Å²) in [7, 11) is 2.20. The van der Waals surface area contributed by atoms with Crippen LogP contribution in [0.3, 0.4) is 0 Å². The van der Waals surface area contributed by atoms with Crippen LogP contribution in [0.5, 0.6) is 5.75 Å². The van der Waals surface area contributed by atoms with Gasteiger partial charge in [-0.2, -0.15) is 0 Å². The maximum Gasteiger partial charge on any atom is 0.355 e. The Labute approximate surface area is 163 Å². The largest absolute Gasteiger partial charge is 0.487 e. The van der Waals surface area contributed by atoms with E-state index in [1.165, 1.54) is 30.5 Å². The third-order valence-corrected chi connectivity index (χ3v) is 3.63. The van der Waals surface area contributed by atoms with Gasteiger partial charge < -0.3 is 19.1 Å². The minimum atomic E-state index is -2.79. The van der Waals surface area contributed by atoms with Crippen molar-refractivity contribution in [1.29, 1.82) is 0 Å². The van der Waals surface area contributed by atoms with Crippen molar-refractivity contribution in [2.24, 2.45) is 0 Å². The fraction of sp³-hybridized carbons (Fsp3) is 0.222. The number of alkyl halides is 2. The van der Waals surface area contributed by atoms with Crippen molar-refractivity contribution in [3.8, 4) is 5.75 Å². The number of hydrogen-bond acceptors (Lipinski definition) is 8. The van der Waals surface area contributed by atoms with Crippen molar-refractivity contribution >= 4 is 23.3 Å². The molecule has 0 unspecified atom stereocenters. The quantitative estimate of drug-likeness (QED) is 0.384. The molecule has 1 aliphatic rings. The van der Waals surface area contributed by atoms with Gasteiger partial charge in [-0.1, -0.05) is 6.08 Å². The van der Waals surface area contributed by atoms with Gasteiger partial charge in [0.25, 0.3) is 12.1 Å². The Morgan fingerprint density at radius 3 is 2.41 bits per heavy atom. The smallest absolute Gasteiger partial charge is 0.355 e. The summed E-state index contributed by atoms with van der Waals surface area (Å²) >= 11 is 0. The number of hydrogen-bond donors (Lipinski definition) is 0. The van der Waals surface area contributed by atoms with E-state index >= 15 is 0 Å². The van der Waals surface area contributed by atoms with Crippen LogP contribution in [0.4, 0.5) is 20.2 Å². The predicted molar refractivity (Wildman–Crippen MR) is 96.4 cm³/mol. The lowest BCUT2D eigenvalue weighted by molar-refractivity contribution is -0.384. The third-order valence-electron chi connectivity index (χ3n) is 3.63. The summed E-state index contributed by atoms with van der Waals surface area (Å²) in [5.74, 6) is -2.00. The molecule has 29 heavy (non-hydrogen) atoms. The van der Waals surface area contributed by atoms with Crippen molar-refractivity contribution in [2.45, 2.75) is 6.43 Å². The zero-order valence-electron chi connectivity index (χ0n) is 15.3. The second-order valence-corrected chi connectivity index (χ2v) is 5.46. The molecule has 0 bridgehead atoms. The van der Waals surface area contributed by atoms with E-state index in [0.717, 1.165) is 31.3 Å². The number of ether oxygens (including phenoxy) is 3. The molecule has 1 heterocycles. The van der Waals surface area contributed by atoms with Crippen LogP contribution in [0.1, 0.15) is 0 Å². The van der Waals surface area contributed by atoms with Gasteiger partial charge in [-0.05, 0) is 12.2 Å². The Kier molecular flexibility index (Phi) is 7.01. The topological polar surface area (TPSA) is 108 Å². The molecule has 0 radical (unpaired) electrons. The molecule has 2 rings (SSSR count). The van der Waals surface area contributed by atoms with Gasteiger partial charge in [0.2, 0.25) is 0 Å². The first-order chi connectivity index (χ1) is 13.8. The zero-order chi connectivity index (χ0) is 21.6. The maximum absolute atomic E-state index is 12.5. The number of esters is 2. The van der Waals surface area contributed by atoms with Gasteiger partial charge in [0.05, 0.1) is 36.5 Å². The van der Waals surface area contributed by atoms with Gasteiger partial charge in [0.15, 0.2) is 0 Å². The molecular formula is C18H16F2N2O7. The van der Waals surface area contributed by atoms with Crippen molar-refractivity contribution in [3.05, 3.63) is 64.0 Å². The first kappa shape index (κ1) is 21.5. The number of nitro benzene ring substituents is 1. The number of nitro groups is 1. The molecule has 0 saturated carbocycles. The minimum Gasteiger partial charge on any atom is -0.487 e. The highest BCUT2D eigenvalue weighted by Gasteiger charge is 2.28. The highest BCUT2D eigenvalue weighted by Crippen LogP contribution is 2.33. The first-order valence-corrected chi connectivity index (χ1v) is 8.04. The predicted octanol–water partition coefficient (Wildman–Crippen LogP) is 2.73. The number of non-ortho nitro benzene ring substituents is 1. The molecule has 0 fully saturated rings. The third kappa shape index (κ3) is 5.15. The van der Waals surface area contributed by atoms with Gasteiger partial charge >= 0.3 is 11.9 Å². The number of benzene rings is 1. The maximum atomic E-state index is 12.5. The lowest BCUT2D eigenvalue weighted by Gasteiger charge is -2.23. The first-order valence-electron chi connectivity index (χ1n) is 8.04. The molecule has 0 N–H and O–H groups in total. The number of rotatable bonds is 7. The molecule has 0 aliphatic carbocycles. The van der Waals surface area contributed by atoms with E-state index in [2.05, 4.69) is 4.74 Å². The molecule has 1 aromatic carbocycles. The minimum absolute atomic E-state index is 0.00483. The fourth-order valence-electron chi connectivity index (χ4n) is 2.42. The van der Waals surface area contributed by atoms with E-state index < -0.39 is 35.6 Å². The molecule has 0 spiro atoms. The fourth-order valence-corrected chi connectivity index (χ4v) is 2.42. The molecular weight excluding hydrogens is 394 g/mol. The molecule has 154 valence electrons. The average molecular weight is 410 g/mol. The molecule has 9 nitrogen and oxygen atoms in total. The highest BCUT2D eigenvalue weighted by atomic mass is 19.3. The number of methoxy groups -OCH3 is 2. The van der Waals surface area contributed by atoms with Crippen molar-refractivity contribution in [2.75, 3.05) is 25.7 Å². The number of carbonyl (C=O) groups excluding carboxylic acids is 2. The van der Waals surface area contributed by atoms with Crippen LogP contribution < -0.4 is 9.64 Å². The lowest BCUT2D eigenvalue weighted by atomic mass is 10.1. The van der Waals surface area contributed by atoms with Gasteiger partial charge in [-0.15, -0.1) is 0 Å². The van der Waals surface area contributed by atoms with E-state index in [4.69, 9.17) is 9.47 Å².